The maximum Gasteiger partial charge on any atom is 0.224 e. The van der Waals surface area contributed by atoms with Crippen LogP contribution in [-0.2, 0) is 6.54 Å². The molecule has 1 heterocycles. The first-order valence-corrected chi connectivity index (χ1v) is 6.74. The largest absolute Gasteiger partial charge is 0.497 e. The molecule has 6 heteroatoms. The minimum atomic E-state index is 0.495. The highest BCUT2D eigenvalue weighted by atomic mass is 35.5. The van der Waals surface area contributed by atoms with Gasteiger partial charge in [0, 0.05) is 13.1 Å². The summed E-state index contributed by atoms with van der Waals surface area (Å²) in [5.41, 5.74) is 1.09. The molecule has 0 aliphatic heterocycles. The average Bonchev–Trinajstić information content (AvgIpc) is 2.48. The molecule has 0 amide bonds. The van der Waals surface area contributed by atoms with E-state index in [1.165, 1.54) is 0 Å². The van der Waals surface area contributed by atoms with Crippen molar-refractivity contribution in [1.29, 1.82) is 0 Å². The van der Waals surface area contributed by atoms with E-state index in [-0.39, 0.29) is 0 Å². The second-order valence-electron chi connectivity index (χ2n) is 4.13. The highest BCUT2D eigenvalue weighted by molar-refractivity contribution is 6.32. The summed E-state index contributed by atoms with van der Waals surface area (Å²) in [5, 5.41) is 6.75. The van der Waals surface area contributed by atoms with Crippen LogP contribution < -0.4 is 15.4 Å². The predicted molar refractivity (Wildman–Crippen MR) is 81.5 cm³/mol. The Morgan fingerprint density at radius 3 is 2.90 bits per heavy atom. The number of halogens is 1. The van der Waals surface area contributed by atoms with Crippen molar-refractivity contribution in [2.24, 2.45) is 0 Å². The smallest absolute Gasteiger partial charge is 0.224 e. The molecule has 2 aromatic rings. The lowest BCUT2D eigenvalue weighted by atomic mass is 10.2. The Bertz CT molecular complexity index is 577. The fraction of sp³-hybridized carbons (Fsp3) is 0.286. The van der Waals surface area contributed by atoms with Crippen molar-refractivity contribution in [3.05, 3.63) is 41.0 Å². The zero-order valence-electron chi connectivity index (χ0n) is 11.5. The molecule has 0 unspecified atom stereocenters. The van der Waals surface area contributed by atoms with Crippen LogP contribution in [0.15, 0.2) is 30.5 Å². The number of hydrogen-bond donors (Lipinski definition) is 2. The first-order chi connectivity index (χ1) is 9.72. The Morgan fingerprint density at radius 2 is 2.15 bits per heavy atom. The van der Waals surface area contributed by atoms with Crippen molar-refractivity contribution in [3.8, 4) is 5.75 Å². The Balaban J connectivity index is 2.07. The molecule has 0 spiro atoms. The van der Waals surface area contributed by atoms with Crippen molar-refractivity contribution in [1.82, 2.24) is 9.97 Å². The molecule has 0 fully saturated rings. The molecular weight excluding hydrogens is 276 g/mol. The Kier molecular flexibility index (Phi) is 5.01. The molecule has 2 rings (SSSR count). The monoisotopic (exact) mass is 292 g/mol. The van der Waals surface area contributed by atoms with Crippen LogP contribution >= 0.6 is 11.6 Å². The van der Waals surface area contributed by atoms with Crippen LogP contribution in [0.1, 0.15) is 12.5 Å². The van der Waals surface area contributed by atoms with E-state index in [0.717, 1.165) is 17.9 Å². The van der Waals surface area contributed by atoms with Crippen LogP contribution in [0.2, 0.25) is 5.02 Å². The summed E-state index contributed by atoms with van der Waals surface area (Å²) >= 11 is 6.08. The van der Waals surface area contributed by atoms with E-state index in [1.807, 2.05) is 31.2 Å². The van der Waals surface area contributed by atoms with Gasteiger partial charge in [-0.15, -0.1) is 0 Å². The van der Waals surface area contributed by atoms with Crippen molar-refractivity contribution in [3.63, 3.8) is 0 Å². The van der Waals surface area contributed by atoms with Crippen molar-refractivity contribution in [2.45, 2.75) is 13.5 Å². The third-order valence-corrected chi connectivity index (χ3v) is 2.95. The fourth-order valence-electron chi connectivity index (χ4n) is 1.70. The molecule has 0 saturated heterocycles. The van der Waals surface area contributed by atoms with E-state index in [4.69, 9.17) is 16.3 Å². The summed E-state index contributed by atoms with van der Waals surface area (Å²) in [6.07, 6.45) is 1.58. The number of benzene rings is 1. The van der Waals surface area contributed by atoms with Gasteiger partial charge in [0.1, 0.15) is 10.8 Å². The maximum absolute atomic E-state index is 6.08. The standard InChI is InChI=1S/C14H17ClN4O/c1-3-16-14-18-9-12(15)13(19-14)17-8-10-5-4-6-11(7-10)20-2/h4-7,9H,3,8H2,1-2H3,(H2,16,17,18,19). The van der Waals surface area contributed by atoms with Crippen LogP contribution in [0.5, 0.6) is 5.75 Å². The van der Waals surface area contributed by atoms with Gasteiger partial charge in [-0.2, -0.15) is 4.98 Å². The van der Waals surface area contributed by atoms with Gasteiger partial charge < -0.3 is 15.4 Å². The molecule has 0 saturated carbocycles. The number of anilines is 2. The van der Waals surface area contributed by atoms with Gasteiger partial charge in [-0.05, 0) is 24.6 Å². The lowest BCUT2D eigenvalue weighted by Crippen LogP contribution is -2.07. The second kappa shape index (κ2) is 6.96. The zero-order valence-corrected chi connectivity index (χ0v) is 12.2. The third-order valence-electron chi connectivity index (χ3n) is 2.67. The first kappa shape index (κ1) is 14.4. The molecule has 20 heavy (non-hydrogen) atoms. The molecule has 106 valence electrons. The van der Waals surface area contributed by atoms with E-state index in [1.54, 1.807) is 13.3 Å². The van der Waals surface area contributed by atoms with E-state index in [0.29, 0.717) is 23.3 Å². The highest BCUT2D eigenvalue weighted by Gasteiger charge is 2.05. The van der Waals surface area contributed by atoms with Crippen molar-refractivity contribution in [2.75, 3.05) is 24.3 Å². The Morgan fingerprint density at radius 1 is 1.30 bits per heavy atom. The van der Waals surface area contributed by atoms with Gasteiger partial charge in [0.2, 0.25) is 5.95 Å². The van der Waals surface area contributed by atoms with Crippen molar-refractivity contribution < 1.29 is 4.74 Å². The molecule has 0 aliphatic carbocycles. The average molecular weight is 293 g/mol. The maximum atomic E-state index is 6.08. The lowest BCUT2D eigenvalue weighted by molar-refractivity contribution is 0.414. The Labute approximate surface area is 123 Å². The molecule has 5 nitrogen and oxygen atoms in total. The second-order valence-corrected chi connectivity index (χ2v) is 4.53. The number of aromatic nitrogens is 2. The van der Waals surface area contributed by atoms with E-state index in [9.17, 15) is 0 Å². The van der Waals surface area contributed by atoms with Gasteiger partial charge in [0.15, 0.2) is 5.82 Å². The predicted octanol–water partition coefficient (Wildman–Crippen LogP) is 3.18. The summed E-state index contributed by atoms with van der Waals surface area (Å²) in [4.78, 5) is 8.42. The van der Waals surface area contributed by atoms with Gasteiger partial charge in [0.05, 0.1) is 13.3 Å². The molecule has 0 radical (unpaired) electrons. The number of methoxy groups -OCH3 is 1. The minimum Gasteiger partial charge on any atom is -0.497 e. The minimum absolute atomic E-state index is 0.495. The number of nitrogens with one attached hydrogen (secondary N) is 2. The molecule has 2 N–H and O–H groups in total. The van der Waals surface area contributed by atoms with Gasteiger partial charge in [-0.1, -0.05) is 23.7 Å². The van der Waals surface area contributed by atoms with Crippen LogP contribution in [-0.4, -0.2) is 23.6 Å². The number of ether oxygens (including phenoxy) is 1. The summed E-state index contributed by atoms with van der Waals surface area (Å²) in [6.45, 7) is 3.36. The van der Waals surface area contributed by atoms with E-state index >= 15 is 0 Å². The summed E-state index contributed by atoms with van der Waals surface area (Å²) in [5.74, 6) is 2.00. The molecule has 1 aromatic heterocycles. The summed E-state index contributed by atoms with van der Waals surface area (Å²) < 4.78 is 5.19. The first-order valence-electron chi connectivity index (χ1n) is 6.36. The molecule has 0 atom stereocenters. The number of hydrogen-bond acceptors (Lipinski definition) is 5. The van der Waals surface area contributed by atoms with Crippen LogP contribution in [0, 0.1) is 0 Å². The highest BCUT2D eigenvalue weighted by Crippen LogP contribution is 2.21. The SMILES string of the molecule is CCNc1ncc(Cl)c(NCc2cccc(OC)c2)n1. The number of nitrogens with zero attached hydrogens (tertiary/aromatic N) is 2. The third kappa shape index (κ3) is 3.74. The molecular formula is C14H17ClN4O. The molecule has 1 aromatic carbocycles. The van der Waals surface area contributed by atoms with Gasteiger partial charge in [-0.3, -0.25) is 0 Å². The lowest BCUT2D eigenvalue weighted by Gasteiger charge is -2.10. The normalized spacial score (nSPS) is 10.2. The van der Waals surface area contributed by atoms with Gasteiger partial charge in [-0.25, -0.2) is 4.98 Å². The number of rotatable bonds is 6. The topological polar surface area (TPSA) is 59.1 Å². The molecule has 0 bridgehead atoms. The summed E-state index contributed by atoms with van der Waals surface area (Å²) in [7, 11) is 1.65. The fourth-order valence-corrected chi connectivity index (χ4v) is 1.86. The van der Waals surface area contributed by atoms with Gasteiger partial charge in [0.25, 0.3) is 0 Å². The van der Waals surface area contributed by atoms with Gasteiger partial charge >= 0.3 is 0 Å². The molecule has 0 aliphatic rings. The van der Waals surface area contributed by atoms with Crippen molar-refractivity contribution >= 4 is 23.4 Å². The van der Waals surface area contributed by atoms with Crippen LogP contribution in [0.25, 0.3) is 0 Å². The quantitative estimate of drug-likeness (QED) is 0.856. The zero-order chi connectivity index (χ0) is 14.4. The van der Waals surface area contributed by atoms with Crippen LogP contribution in [0.4, 0.5) is 11.8 Å². The summed E-state index contributed by atoms with van der Waals surface area (Å²) in [6, 6.07) is 7.83. The Hall–Kier alpha value is -2.01. The van der Waals surface area contributed by atoms with Crippen LogP contribution in [0.3, 0.4) is 0 Å². The van der Waals surface area contributed by atoms with E-state index < -0.39 is 0 Å². The van der Waals surface area contributed by atoms with E-state index in [2.05, 4.69) is 20.6 Å².